The molecule has 158 valence electrons. The Kier molecular flexibility index (Phi) is 7.63. The van der Waals surface area contributed by atoms with Gasteiger partial charge in [-0.2, -0.15) is 0 Å². The van der Waals surface area contributed by atoms with Gasteiger partial charge in [0.15, 0.2) is 0 Å². The molecule has 7 heteroatoms. The van der Waals surface area contributed by atoms with Gasteiger partial charge in [0, 0.05) is 40.7 Å². The lowest BCUT2D eigenvalue weighted by atomic mass is 10.0. The predicted molar refractivity (Wildman–Crippen MR) is 121 cm³/mol. The Hall–Kier alpha value is -2.15. The first kappa shape index (κ1) is 23.1. The summed E-state index contributed by atoms with van der Waals surface area (Å²) in [7, 11) is 0. The summed E-state index contributed by atoms with van der Waals surface area (Å²) in [4.78, 5) is 33.2. The SMILES string of the molecule is CCCN(CCC)C(=O)C1=Cc2ccc(Br)cc2N=C(N(C(=O)O)C(C)(C)C)C1. The van der Waals surface area contributed by atoms with Gasteiger partial charge in [-0.05, 0) is 51.8 Å². The predicted octanol–water partition coefficient (Wildman–Crippen LogP) is 5.69. The van der Waals surface area contributed by atoms with Crippen LogP contribution in [0.3, 0.4) is 0 Å². The minimum Gasteiger partial charge on any atom is -0.465 e. The molecule has 0 bridgehead atoms. The van der Waals surface area contributed by atoms with Crippen LogP contribution in [0.1, 0.15) is 59.4 Å². The molecule has 1 aliphatic rings. The minimum absolute atomic E-state index is 0.0589. The quantitative estimate of drug-likeness (QED) is 0.608. The maximum absolute atomic E-state index is 13.3. The van der Waals surface area contributed by atoms with Gasteiger partial charge in [-0.1, -0.05) is 35.8 Å². The molecule has 0 unspecified atom stereocenters. The van der Waals surface area contributed by atoms with Crippen molar-refractivity contribution >= 4 is 45.5 Å². The summed E-state index contributed by atoms with van der Waals surface area (Å²) in [6.07, 6.45) is 2.67. The van der Waals surface area contributed by atoms with E-state index in [-0.39, 0.29) is 12.3 Å². The summed E-state index contributed by atoms with van der Waals surface area (Å²) in [6.45, 7) is 10.9. The Morgan fingerprint density at radius 1 is 1.17 bits per heavy atom. The largest absolute Gasteiger partial charge is 0.465 e. The number of benzene rings is 1. The number of hydrogen-bond acceptors (Lipinski definition) is 3. The third-order valence-corrected chi connectivity index (χ3v) is 5.08. The van der Waals surface area contributed by atoms with Crippen molar-refractivity contribution in [2.45, 2.75) is 59.4 Å². The molecule has 0 aliphatic carbocycles. The van der Waals surface area contributed by atoms with Crippen LogP contribution in [0.5, 0.6) is 0 Å². The van der Waals surface area contributed by atoms with E-state index in [1.165, 1.54) is 4.90 Å². The van der Waals surface area contributed by atoms with Crippen LogP contribution in [0.25, 0.3) is 6.08 Å². The smallest absolute Gasteiger partial charge is 0.413 e. The molecule has 1 N–H and O–H groups in total. The Morgan fingerprint density at radius 2 is 1.79 bits per heavy atom. The number of halogens is 1. The van der Waals surface area contributed by atoms with Crippen molar-refractivity contribution < 1.29 is 14.7 Å². The molecule has 0 atom stereocenters. The van der Waals surface area contributed by atoms with E-state index in [0.29, 0.717) is 30.2 Å². The van der Waals surface area contributed by atoms with Crippen molar-refractivity contribution in [1.82, 2.24) is 9.80 Å². The number of hydrogen-bond donors (Lipinski definition) is 1. The van der Waals surface area contributed by atoms with Crippen LogP contribution in [-0.2, 0) is 4.79 Å². The zero-order chi connectivity index (χ0) is 21.8. The van der Waals surface area contributed by atoms with Gasteiger partial charge in [-0.15, -0.1) is 0 Å². The lowest BCUT2D eigenvalue weighted by Crippen LogP contribution is -2.49. The average molecular weight is 464 g/mol. The molecule has 29 heavy (non-hydrogen) atoms. The van der Waals surface area contributed by atoms with Crippen molar-refractivity contribution in [1.29, 1.82) is 0 Å². The summed E-state index contributed by atoms with van der Waals surface area (Å²) in [5.74, 6) is 0.297. The van der Waals surface area contributed by atoms with Crippen LogP contribution in [0.2, 0.25) is 0 Å². The fourth-order valence-corrected chi connectivity index (χ4v) is 3.78. The summed E-state index contributed by atoms with van der Waals surface area (Å²) in [5, 5.41) is 9.88. The summed E-state index contributed by atoms with van der Waals surface area (Å²) < 4.78 is 0.846. The molecule has 1 heterocycles. The third-order valence-electron chi connectivity index (χ3n) is 4.59. The fraction of sp³-hybridized carbons (Fsp3) is 0.500. The number of rotatable bonds is 5. The standard InChI is InChI=1S/C22H30BrN3O3/c1-6-10-25(11-7-2)20(27)16-12-15-8-9-17(23)14-18(15)24-19(13-16)26(21(28)29)22(3,4)5/h8-9,12,14H,6-7,10-11,13H2,1-5H3,(H,28,29). The highest BCUT2D eigenvalue weighted by molar-refractivity contribution is 9.10. The lowest BCUT2D eigenvalue weighted by Gasteiger charge is -2.34. The average Bonchev–Trinajstić information content (AvgIpc) is 2.78. The fourth-order valence-electron chi connectivity index (χ4n) is 3.43. The number of fused-ring (bicyclic) bond motifs is 1. The van der Waals surface area contributed by atoms with E-state index in [4.69, 9.17) is 0 Å². The van der Waals surface area contributed by atoms with Crippen LogP contribution in [0.15, 0.2) is 33.2 Å². The van der Waals surface area contributed by atoms with Crippen LogP contribution in [0.4, 0.5) is 10.5 Å². The molecular weight excluding hydrogens is 434 g/mol. The number of carbonyl (C=O) groups is 2. The molecule has 1 aromatic carbocycles. The van der Waals surface area contributed by atoms with Gasteiger partial charge in [0.25, 0.3) is 0 Å². The van der Waals surface area contributed by atoms with E-state index in [0.717, 1.165) is 22.9 Å². The highest BCUT2D eigenvalue weighted by Crippen LogP contribution is 2.32. The number of amides is 2. The van der Waals surface area contributed by atoms with Crippen molar-refractivity contribution in [2.75, 3.05) is 13.1 Å². The molecule has 0 fully saturated rings. The van der Waals surface area contributed by atoms with E-state index in [2.05, 4.69) is 20.9 Å². The summed E-state index contributed by atoms with van der Waals surface area (Å²) >= 11 is 3.45. The van der Waals surface area contributed by atoms with E-state index < -0.39 is 11.6 Å². The van der Waals surface area contributed by atoms with E-state index >= 15 is 0 Å². The first-order valence-electron chi connectivity index (χ1n) is 9.98. The van der Waals surface area contributed by atoms with Gasteiger partial charge in [-0.25, -0.2) is 9.79 Å². The van der Waals surface area contributed by atoms with Crippen LogP contribution in [0, 0.1) is 0 Å². The molecular formula is C22H30BrN3O3. The number of nitrogens with zero attached hydrogens (tertiary/aromatic N) is 3. The molecule has 1 aromatic rings. The second-order valence-electron chi connectivity index (χ2n) is 8.16. The first-order valence-corrected chi connectivity index (χ1v) is 10.8. The van der Waals surface area contributed by atoms with Crippen molar-refractivity contribution in [3.63, 3.8) is 0 Å². The molecule has 2 rings (SSSR count). The van der Waals surface area contributed by atoms with Gasteiger partial charge < -0.3 is 10.0 Å². The van der Waals surface area contributed by atoms with Crippen molar-refractivity contribution in [3.05, 3.63) is 33.8 Å². The molecule has 0 radical (unpaired) electrons. The van der Waals surface area contributed by atoms with Crippen molar-refractivity contribution in [3.8, 4) is 0 Å². The molecule has 0 spiro atoms. The summed E-state index contributed by atoms with van der Waals surface area (Å²) in [6, 6.07) is 5.63. The van der Waals surface area contributed by atoms with Crippen LogP contribution >= 0.6 is 15.9 Å². The summed E-state index contributed by atoms with van der Waals surface area (Å²) in [5.41, 5.74) is 1.31. The highest BCUT2D eigenvalue weighted by atomic mass is 79.9. The Balaban J connectivity index is 2.60. The Bertz CT molecular complexity index is 834. The second-order valence-corrected chi connectivity index (χ2v) is 9.07. The molecule has 6 nitrogen and oxygen atoms in total. The minimum atomic E-state index is -1.08. The molecule has 0 saturated heterocycles. The number of carboxylic acid groups (broad SMARTS) is 1. The molecule has 2 amide bonds. The third kappa shape index (κ3) is 5.69. The Labute approximate surface area is 181 Å². The van der Waals surface area contributed by atoms with Crippen LogP contribution < -0.4 is 0 Å². The van der Waals surface area contributed by atoms with Crippen LogP contribution in [-0.4, -0.2) is 51.4 Å². The van der Waals surface area contributed by atoms with Crippen molar-refractivity contribution in [2.24, 2.45) is 4.99 Å². The zero-order valence-corrected chi connectivity index (χ0v) is 19.4. The van der Waals surface area contributed by atoms with Gasteiger partial charge in [0.05, 0.1) is 5.69 Å². The topological polar surface area (TPSA) is 73.2 Å². The van der Waals surface area contributed by atoms with Gasteiger partial charge in [0.1, 0.15) is 5.84 Å². The first-order chi connectivity index (χ1) is 13.6. The number of amidine groups is 1. The van der Waals surface area contributed by atoms with E-state index in [1.807, 2.05) is 63.8 Å². The monoisotopic (exact) mass is 463 g/mol. The van der Waals surface area contributed by atoms with E-state index in [9.17, 15) is 14.7 Å². The van der Waals surface area contributed by atoms with E-state index in [1.54, 1.807) is 0 Å². The van der Waals surface area contributed by atoms with Gasteiger partial charge >= 0.3 is 6.09 Å². The molecule has 0 saturated carbocycles. The normalized spacial score (nSPS) is 13.7. The molecule has 0 aromatic heterocycles. The Morgan fingerprint density at radius 3 is 2.31 bits per heavy atom. The van der Waals surface area contributed by atoms with Gasteiger partial charge in [-0.3, -0.25) is 9.69 Å². The maximum Gasteiger partial charge on any atom is 0.413 e. The number of aliphatic imine (C=N–C) groups is 1. The lowest BCUT2D eigenvalue weighted by molar-refractivity contribution is -0.127. The maximum atomic E-state index is 13.3. The second kappa shape index (κ2) is 9.57. The highest BCUT2D eigenvalue weighted by Gasteiger charge is 2.33. The number of carbonyl (C=O) groups excluding carboxylic acids is 1. The zero-order valence-electron chi connectivity index (χ0n) is 17.8. The molecule has 1 aliphatic heterocycles. The van der Waals surface area contributed by atoms with Gasteiger partial charge in [0.2, 0.25) is 5.91 Å².